The topological polar surface area (TPSA) is 139 Å². The van der Waals surface area contributed by atoms with Gasteiger partial charge in [0.25, 0.3) is 16.1 Å². The van der Waals surface area contributed by atoms with Crippen LogP contribution in [0.2, 0.25) is 0 Å². The van der Waals surface area contributed by atoms with E-state index in [-0.39, 0.29) is 17.1 Å². The molecule has 1 fully saturated rings. The number of hydrogen-bond acceptors (Lipinski definition) is 7. The molecule has 2 rings (SSSR count). The van der Waals surface area contributed by atoms with E-state index in [0.717, 1.165) is 4.31 Å². The van der Waals surface area contributed by atoms with E-state index in [4.69, 9.17) is 4.52 Å². The van der Waals surface area contributed by atoms with Crippen molar-refractivity contribution in [3.05, 3.63) is 17.0 Å². The first kappa shape index (κ1) is 19.8. The lowest BCUT2D eigenvalue weighted by molar-refractivity contribution is 0.0934. The fraction of sp³-hybridized carbons (Fsp3) is 0.692. The molecule has 1 amide bonds. The molecule has 0 saturated carbocycles. The zero-order chi connectivity index (χ0) is 19.0. The maximum absolute atomic E-state index is 12.5. The third-order valence-corrected chi connectivity index (χ3v) is 7.24. The van der Waals surface area contributed by atoms with Crippen LogP contribution in [0.3, 0.4) is 0 Å². The van der Waals surface area contributed by atoms with Crippen molar-refractivity contribution in [3.63, 3.8) is 0 Å². The van der Waals surface area contributed by atoms with Crippen molar-refractivity contribution in [2.45, 2.75) is 32.4 Å². The first-order chi connectivity index (χ1) is 11.5. The van der Waals surface area contributed by atoms with Gasteiger partial charge >= 0.3 is 0 Å². The summed E-state index contributed by atoms with van der Waals surface area (Å²) in [7, 11) is -4.67. The van der Waals surface area contributed by atoms with Gasteiger partial charge in [0.15, 0.2) is 9.84 Å². The molecule has 1 aliphatic rings. The van der Waals surface area contributed by atoms with E-state index in [2.05, 4.69) is 15.2 Å². The highest BCUT2D eigenvalue weighted by atomic mass is 32.2. The van der Waals surface area contributed by atoms with Crippen LogP contribution >= 0.6 is 0 Å². The van der Waals surface area contributed by atoms with Gasteiger partial charge in [-0.25, -0.2) is 8.42 Å². The molecule has 25 heavy (non-hydrogen) atoms. The SMILES string of the molecule is CCc1noc(C)c1C(=O)N[C@@H]1CS(=O)(=O)C[C@H]1NS(=O)(=O)N(C)C. The standard InChI is InChI=1S/C13H22N4O6S2/c1-5-9-12(8(2)23-15-9)13(18)14-10-6-24(19,20)7-11(10)16-25(21,22)17(3)4/h10-11,16H,5-7H2,1-4H3,(H,14,18)/t10-,11-/m1/s1. The van der Waals surface area contributed by atoms with Crippen LogP contribution in [0.1, 0.15) is 28.7 Å². The Balaban J connectivity index is 2.23. The summed E-state index contributed by atoms with van der Waals surface area (Å²) in [4.78, 5) is 12.5. The van der Waals surface area contributed by atoms with E-state index in [1.54, 1.807) is 6.92 Å². The van der Waals surface area contributed by atoms with Crippen molar-refractivity contribution >= 4 is 26.0 Å². The molecule has 0 spiro atoms. The van der Waals surface area contributed by atoms with Crippen molar-refractivity contribution in [2.24, 2.45) is 0 Å². The quantitative estimate of drug-likeness (QED) is 0.620. The Bertz CT molecular complexity index is 859. The highest BCUT2D eigenvalue weighted by molar-refractivity contribution is 7.92. The van der Waals surface area contributed by atoms with Gasteiger partial charge in [0.05, 0.1) is 29.3 Å². The lowest BCUT2D eigenvalue weighted by atomic mass is 10.1. The van der Waals surface area contributed by atoms with Gasteiger partial charge in [-0.05, 0) is 13.3 Å². The minimum absolute atomic E-state index is 0.251. The molecule has 0 aliphatic carbocycles. The second-order valence-electron chi connectivity index (χ2n) is 6.08. The van der Waals surface area contributed by atoms with Gasteiger partial charge in [-0.2, -0.15) is 17.4 Å². The van der Waals surface area contributed by atoms with Crippen LogP contribution in [0, 0.1) is 6.92 Å². The van der Waals surface area contributed by atoms with Crippen LogP contribution in [-0.2, 0) is 26.5 Å². The van der Waals surface area contributed by atoms with Gasteiger partial charge in [0.1, 0.15) is 11.3 Å². The Hall–Kier alpha value is -1.50. The second kappa shape index (κ2) is 7.02. The summed E-state index contributed by atoms with van der Waals surface area (Å²) < 4.78 is 56.1. The van der Waals surface area contributed by atoms with E-state index in [9.17, 15) is 21.6 Å². The van der Waals surface area contributed by atoms with Crippen molar-refractivity contribution in [3.8, 4) is 0 Å². The molecule has 2 N–H and O–H groups in total. The molecule has 2 heterocycles. The highest BCUT2D eigenvalue weighted by Gasteiger charge is 2.41. The average molecular weight is 394 g/mol. The number of aromatic nitrogens is 1. The minimum Gasteiger partial charge on any atom is -0.361 e. The number of carbonyl (C=O) groups excluding carboxylic acids is 1. The largest absolute Gasteiger partial charge is 0.361 e. The number of aryl methyl sites for hydroxylation is 2. The van der Waals surface area contributed by atoms with E-state index in [1.165, 1.54) is 14.1 Å². The van der Waals surface area contributed by atoms with E-state index >= 15 is 0 Å². The summed E-state index contributed by atoms with van der Waals surface area (Å²) in [6, 6.07) is -1.84. The van der Waals surface area contributed by atoms with Crippen molar-refractivity contribution in [1.29, 1.82) is 0 Å². The molecule has 0 aromatic carbocycles. The van der Waals surface area contributed by atoms with Gasteiger partial charge in [-0.1, -0.05) is 12.1 Å². The predicted octanol–water partition coefficient (Wildman–Crippen LogP) is -1.16. The molecular weight excluding hydrogens is 372 g/mol. The van der Waals surface area contributed by atoms with Gasteiger partial charge in [0, 0.05) is 14.1 Å². The number of rotatable bonds is 6. The molecule has 1 saturated heterocycles. The summed E-state index contributed by atoms with van der Waals surface area (Å²) in [5, 5.41) is 6.39. The first-order valence-electron chi connectivity index (χ1n) is 7.63. The molecule has 10 nitrogen and oxygen atoms in total. The van der Waals surface area contributed by atoms with Gasteiger partial charge in [0.2, 0.25) is 0 Å². The summed E-state index contributed by atoms with van der Waals surface area (Å²) >= 11 is 0. The Labute approximate surface area is 147 Å². The van der Waals surface area contributed by atoms with Gasteiger partial charge in [-0.15, -0.1) is 0 Å². The normalized spacial score (nSPS) is 23.1. The fourth-order valence-corrected chi connectivity index (χ4v) is 5.40. The maximum atomic E-state index is 12.5. The molecule has 12 heteroatoms. The third kappa shape index (κ3) is 4.37. The average Bonchev–Trinajstić information content (AvgIpc) is 2.97. The highest BCUT2D eigenvalue weighted by Crippen LogP contribution is 2.18. The summed E-state index contributed by atoms with van der Waals surface area (Å²) in [5.41, 5.74) is 0.710. The number of nitrogens with one attached hydrogen (secondary N) is 2. The predicted molar refractivity (Wildman–Crippen MR) is 90.1 cm³/mol. The minimum atomic E-state index is -3.84. The number of amides is 1. The Morgan fingerprint density at radius 1 is 1.32 bits per heavy atom. The van der Waals surface area contributed by atoms with Crippen molar-refractivity contribution in [2.75, 3.05) is 25.6 Å². The number of hydrogen-bond donors (Lipinski definition) is 2. The molecular formula is C13H22N4O6S2. The zero-order valence-corrected chi connectivity index (χ0v) is 16.1. The van der Waals surface area contributed by atoms with Crippen molar-refractivity contribution in [1.82, 2.24) is 19.5 Å². The Kier molecular flexibility index (Phi) is 5.56. The van der Waals surface area contributed by atoms with Crippen LogP contribution in [0.4, 0.5) is 0 Å². The van der Waals surface area contributed by atoms with Crippen LogP contribution in [0.25, 0.3) is 0 Å². The zero-order valence-electron chi connectivity index (χ0n) is 14.4. The lowest BCUT2D eigenvalue weighted by Crippen LogP contribution is -2.53. The number of nitrogens with zero attached hydrogens (tertiary/aromatic N) is 2. The van der Waals surface area contributed by atoms with Crippen LogP contribution in [-0.4, -0.2) is 69.9 Å². The molecule has 0 unspecified atom stereocenters. The molecule has 0 radical (unpaired) electrons. The summed E-state index contributed by atoms with van der Waals surface area (Å²) in [5.74, 6) is -0.938. The molecule has 2 atom stereocenters. The summed E-state index contributed by atoms with van der Waals surface area (Å²) in [6.45, 7) is 3.39. The molecule has 1 aromatic rings. The number of sulfone groups is 1. The van der Waals surface area contributed by atoms with Crippen LogP contribution < -0.4 is 10.0 Å². The van der Waals surface area contributed by atoms with Crippen molar-refractivity contribution < 1.29 is 26.2 Å². The molecule has 142 valence electrons. The van der Waals surface area contributed by atoms with Crippen LogP contribution in [0.5, 0.6) is 0 Å². The molecule has 1 aromatic heterocycles. The van der Waals surface area contributed by atoms with E-state index in [1.807, 2.05) is 6.92 Å². The van der Waals surface area contributed by atoms with Gasteiger partial charge in [-0.3, -0.25) is 4.79 Å². The fourth-order valence-electron chi connectivity index (χ4n) is 2.59. The number of carbonyl (C=O) groups is 1. The Morgan fingerprint density at radius 2 is 1.92 bits per heavy atom. The smallest absolute Gasteiger partial charge is 0.279 e. The summed E-state index contributed by atoms with van der Waals surface area (Å²) in [6.07, 6.45) is 0.472. The first-order valence-corrected chi connectivity index (χ1v) is 10.9. The van der Waals surface area contributed by atoms with E-state index < -0.39 is 38.0 Å². The van der Waals surface area contributed by atoms with Gasteiger partial charge < -0.3 is 9.84 Å². The lowest BCUT2D eigenvalue weighted by Gasteiger charge is -2.22. The second-order valence-corrected chi connectivity index (χ2v) is 10.2. The van der Waals surface area contributed by atoms with E-state index in [0.29, 0.717) is 17.9 Å². The Morgan fingerprint density at radius 3 is 2.48 bits per heavy atom. The van der Waals surface area contributed by atoms with Crippen LogP contribution in [0.15, 0.2) is 4.52 Å². The molecule has 1 aliphatic heterocycles. The third-order valence-electron chi connectivity index (χ3n) is 3.95. The maximum Gasteiger partial charge on any atom is 0.279 e. The monoisotopic (exact) mass is 394 g/mol. The molecule has 0 bridgehead atoms.